The van der Waals surface area contributed by atoms with Crippen LogP contribution in [-0.2, 0) is 6.42 Å². The summed E-state index contributed by atoms with van der Waals surface area (Å²) >= 11 is 5.78. The molecule has 0 aliphatic rings. The van der Waals surface area contributed by atoms with Crippen molar-refractivity contribution in [1.29, 1.82) is 0 Å². The SMILES string of the molecule is NC(Cc1ccc(F)c(Cl)c1)c1cnn2ccccc12. The number of nitrogens with zero attached hydrogens (tertiary/aromatic N) is 2. The molecule has 0 spiro atoms. The van der Waals surface area contributed by atoms with Crippen LogP contribution in [-0.4, -0.2) is 9.61 Å². The molecule has 1 atom stereocenters. The second-order valence-corrected chi connectivity index (χ2v) is 5.10. The average molecular weight is 290 g/mol. The molecule has 0 aliphatic heterocycles. The fourth-order valence-electron chi connectivity index (χ4n) is 2.27. The smallest absolute Gasteiger partial charge is 0.141 e. The largest absolute Gasteiger partial charge is 0.324 e. The quantitative estimate of drug-likeness (QED) is 0.803. The summed E-state index contributed by atoms with van der Waals surface area (Å²) in [6.07, 6.45) is 4.22. The Labute approximate surface area is 120 Å². The lowest BCUT2D eigenvalue weighted by Crippen LogP contribution is -2.13. The van der Waals surface area contributed by atoms with E-state index < -0.39 is 5.82 Å². The van der Waals surface area contributed by atoms with Gasteiger partial charge in [0.25, 0.3) is 0 Å². The third-order valence-corrected chi connectivity index (χ3v) is 3.59. The first-order valence-electron chi connectivity index (χ1n) is 6.27. The topological polar surface area (TPSA) is 43.3 Å². The van der Waals surface area contributed by atoms with Crippen LogP contribution in [0, 0.1) is 5.82 Å². The van der Waals surface area contributed by atoms with Crippen molar-refractivity contribution in [3.8, 4) is 0 Å². The molecule has 1 unspecified atom stereocenters. The minimum absolute atomic E-state index is 0.120. The fraction of sp³-hybridized carbons (Fsp3) is 0.133. The van der Waals surface area contributed by atoms with Crippen LogP contribution in [0.5, 0.6) is 0 Å². The molecule has 3 rings (SSSR count). The summed E-state index contributed by atoms with van der Waals surface area (Å²) in [7, 11) is 0. The molecule has 0 saturated carbocycles. The monoisotopic (exact) mass is 289 g/mol. The summed E-state index contributed by atoms with van der Waals surface area (Å²) < 4.78 is 14.9. The van der Waals surface area contributed by atoms with Gasteiger partial charge in [0.05, 0.1) is 16.7 Å². The van der Waals surface area contributed by atoms with E-state index in [9.17, 15) is 4.39 Å². The highest BCUT2D eigenvalue weighted by Gasteiger charge is 2.13. The van der Waals surface area contributed by atoms with Gasteiger partial charge in [-0.1, -0.05) is 23.7 Å². The van der Waals surface area contributed by atoms with E-state index in [4.69, 9.17) is 17.3 Å². The van der Waals surface area contributed by atoms with Crippen LogP contribution in [0.3, 0.4) is 0 Å². The van der Waals surface area contributed by atoms with E-state index in [1.165, 1.54) is 6.07 Å². The molecular formula is C15H13ClFN3. The van der Waals surface area contributed by atoms with Gasteiger partial charge in [-0.05, 0) is 36.2 Å². The third kappa shape index (κ3) is 2.40. The van der Waals surface area contributed by atoms with Crippen molar-refractivity contribution in [3.63, 3.8) is 0 Å². The first-order valence-corrected chi connectivity index (χ1v) is 6.65. The molecule has 102 valence electrons. The van der Waals surface area contributed by atoms with Crippen LogP contribution in [0.1, 0.15) is 17.2 Å². The van der Waals surface area contributed by atoms with Crippen LogP contribution in [0.2, 0.25) is 5.02 Å². The minimum atomic E-state index is -0.417. The molecule has 2 N–H and O–H groups in total. The van der Waals surface area contributed by atoms with Gasteiger partial charge in [-0.2, -0.15) is 5.10 Å². The van der Waals surface area contributed by atoms with Crippen molar-refractivity contribution in [2.24, 2.45) is 5.73 Å². The van der Waals surface area contributed by atoms with Crippen molar-refractivity contribution < 1.29 is 4.39 Å². The molecule has 0 radical (unpaired) electrons. The van der Waals surface area contributed by atoms with Crippen molar-refractivity contribution in [1.82, 2.24) is 9.61 Å². The second kappa shape index (κ2) is 5.23. The molecule has 0 saturated heterocycles. The van der Waals surface area contributed by atoms with Crippen LogP contribution in [0.4, 0.5) is 4.39 Å². The normalized spacial score (nSPS) is 12.8. The van der Waals surface area contributed by atoms with Gasteiger partial charge in [0.2, 0.25) is 0 Å². The van der Waals surface area contributed by atoms with E-state index in [2.05, 4.69) is 5.10 Å². The molecule has 3 aromatic rings. The van der Waals surface area contributed by atoms with Crippen molar-refractivity contribution in [2.75, 3.05) is 0 Å². The zero-order valence-corrected chi connectivity index (χ0v) is 11.4. The average Bonchev–Trinajstić information content (AvgIpc) is 2.87. The molecular weight excluding hydrogens is 277 g/mol. The predicted octanol–water partition coefficient (Wildman–Crippen LogP) is 3.37. The molecule has 0 bridgehead atoms. The van der Waals surface area contributed by atoms with Crippen molar-refractivity contribution in [2.45, 2.75) is 12.5 Å². The van der Waals surface area contributed by atoms with E-state index in [1.54, 1.807) is 22.8 Å². The number of halogens is 2. The maximum atomic E-state index is 13.1. The molecule has 2 heterocycles. The first-order chi connectivity index (χ1) is 9.65. The number of aromatic nitrogens is 2. The lowest BCUT2D eigenvalue weighted by atomic mass is 10.0. The van der Waals surface area contributed by atoms with Crippen LogP contribution < -0.4 is 5.73 Å². The van der Waals surface area contributed by atoms with Gasteiger partial charge in [-0.3, -0.25) is 0 Å². The number of rotatable bonds is 3. The van der Waals surface area contributed by atoms with Gasteiger partial charge in [-0.15, -0.1) is 0 Å². The summed E-state index contributed by atoms with van der Waals surface area (Å²) in [5.41, 5.74) is 9.08. The van der Waals surface area contributed by atoms with E-state index >= 15 is 0 Å². The molecule has 0 aliphatic carbocycles. The highest BCUT2D eigenvalue weighted by Crippen LogP contribution is 2.23. The van der Waals surface area contributed by atoms with Gasteiger partial charge in [-0.25, -0.2) is 8.91 Å². The van der Waals surface area contributed by atoms with Crippen LogP contribution in [0.15, 0.2) is 48.8 Å². The molecule has 1 aromatic carbocycles. The molecule has 2 aromatic heterocycles. The van der Waals surface area contributed by atoms with Gasteiger partial charge >= 0.3 is 0 Å². The Morgan fingerprint density at radius 2 is 2.15 bits per heavy atom. The summed E-state index contributed by atoms with van der Waals surface area (Å²) in [5.74, 6) is -0.417. The zero-order chi connectivity index (χ0) is 14.1. The molecule has 3 nitrogen and oxygen atoms in total. The zero-order valence-electron chi connectivity index (χ0n) is 10.6. The van der Waals surface area contributed by atoms with Gasteiger partial charge < -0.3 is 5.73 Å². The Morgan fingerprint density at radius 1 is 1.30 bits per heavy atom. The maximum absolute atomic E-state index is 13.1. The van der Waals surface area contributed by atoms with Gasteiger partial charge in [0, 0.05) is 17.8 Å². The summed E-state index contributed by atoms with van der Waals surface area (Å²) in [4.78, 5) is 0. The number of benzene rings is 1. The van der Waals surface area contributed by atoms with E-state index in [0.717, 1.165) is 16.6 Å². The van der Waals surface area contributed by atoms with Crippen molar-refractivity contribution >= 4 is 17.1 Å². The minimum Gasteiger partial charge on any atom is -0.324 e. The maximum Gasteiger partial charge on any atom is 0.141 e. The Hall–Kier alpha value is -1.91. The molecule has 5 heteroatoms. The Bertz CT molecular complexity index is 754. The molecule has 0 fully saturated rings. The summed E-state index contributed by atoms with van der Waals surface area (Å²) in [5, 5.41) is 4.38. The fourth-order valence-corrected chi connectivity index (χ4v) is 2.47. The summed E-state index contributed by atoms with van der Waals surface area (Å²) in [6, 6.07) is 10.3. The lowest BCUT2D eigenvalue weighted by molar-refractivity contribution is 0.626. The van der Waals surface area contributed by atoms with E-state index in [0.29, 0.717) is 6.42 Å². The number of hydrogen-bond acceptors (Lipinski definition) is 2. The summed E-state index contributed by atoms with van der Waals surface area (Å²) in [6.45, 7) is 0. The van der Waals surface area contributed by atoms with Crippen LogP contribution >= 0.6 is 11.6 Å². The molecule has 20 heavy (non-hydrogen) atoms. The third-order valence-electron chi connectivity index (χ3n) is 3.30. The molecule has 0 amide bonds. The van der Waals surface area contributed by atoms with Gasteiger partial charge in [0.15, 0.2) is 0 Å². The van der Waals surface area contributed by atoms with Crippen molar-refractivity contribution in [3.05, 3.63) is 70.8 Å². The van der Waals surface area contributed by atoms with Crippen LogP contribution in [0.25, 0.3) is 5.52 Å². The number of pyridine rings is 1. The Morgan fingerprint density at radius 3 is 2.95 bits per heavy atom. The van der Waals surface area contributed by atoms with E-state index in [-0.39, 0.29) is 11.1 Å². The highest BCUT2D eigenvalue weighted by molar-refractivity contribution is 6.30. The standard InChI is InChI=1S/C15H13ClFN3/c16-12-7-10(4-5-13(12)17)8-14(18)11-9-19-20-6-2-1-3-15(11)20/h1-7,9,14H,8,18H2. The predicted molar refractivity (Wildman–Crippen MR) is 77.2 cm³/mol. The number of hydrogen-bond donors (Lipinski definition) is 1. The number of fused-ring (bicyclic) bond motifs is 1. The Kier molecular flexibility index (Phi) is 3.42. The Balaban J connectivity index is 1.89. The first kappa shape index (κ1) is 13.1. The lowest BCUT2D eigenvalue weighted by Gasteiger charge is -2.11. The van der Waals surface area contributed by atoms with E-state index in [1.807, 2.05) is 24.4 Å². The second-order valence-electron chi connectivity index (χ2n) is 4.69. The highest BCUT2D eigenvalue weighted by atomic mass is 35.5. The van der Waals surface area contributed by atoms with Gasteiger partial charge in [0.1, 0.15) is 5.82 Å². The number of nitrogens with two attached hydrogens (primary N) is 1.